The van der Waals surface area contributed by atoms with Gasteiger partial charge in [-0.1, -0.05) is 11.6 Å². The number of carbonyl (C=O) groups is 1. The Morgan fingerprint density at radius 1 is 1.39 bits per heavy atom. The maximum absolute atomic E-state index is 12.6. The van der Waals surface area contributed by atoms with E-state index in [1.165, 1.54) is 0 Å². The summed E-state index contributed by atoms with van der Waals surface area (Å²) in [6.45, 7) is 3.61. The molecule has 0 bridgehead atoms. The van der Waals surface area contributed by atoms with Gasteiger partial charge in [0, 0.05) is 44.8 Å². The van der Waals surface area contributed by atoms with E-state index in [2.05, 4.69) is 4.98 Å². The molecule has 0 saturated carbocycles. The predicted molar refractivity (Wildman–Crippen MR) is 81.3 cm³/mol. The van der Waals surface area contributed by atoms with Gasteiger partial charge in [-0.3, -0.25) is 4.79 Å². The van der Waals surface area contributed by atoms with Crippen LogP contribution in [0, 0.1) is 0 Å². The number of nitrogens with zero attached hydrogens (tertiary/aromatic N) is 3. The molecule has 1 aromatic rings. The summed E-state index contributed by atoms with van der Waals surface area (Å²) in [6, 6.07) is 0.670. The van der Waals surface area contributed by atoms with Crippen molar-refractivity contribution in [1.82, 2.24) is 9.88 Å². The lowest BCUT2D eigenvalue weighted by molar-refractivity contribution is -0.138. The second kappa shape index (κ2) is 6.92. The van der Waals surface area contributed by atoms with Gasteiger partial charge in [-0.2, -0.15) is 13.2 Å². The second-order valence-electron chi connectivity index (χ2n) is 5.58. The van der Waals surface area contributed by atoms with Crippen molar-refractivity contribution in [2.75, 3.05) is 31.1 Å². The van der Waals surface area contributed by atoms with Crippen LogP contribution in [0.25, 0.3) is 0 Å². The Balaban J connectivity index is 2.02. The van der Waals surface area contributed by atoms with Crippen LogP contribution in [0.4, 0.5) is 19.0 Å². The van der Waals surface area contributed by atoms with Crippen LogP contribution in [0.5, 0.6) is 0 Å². The SMILES string of the molecule is CC(N)CC(=O)N1CCN(c2ncc(C(F)(F)F)cc2Cl)CC1. The number of nitrogens with two attached hydrogens (primary N) is 1. The minimum Gasteiger partial charge on any atom is -0.352 e. The lowest BCUT2D eigenvalue weighted by atomic mass is 10.2. The van der Waals surface area contributed by atoms with Crippen LogP contribution in [-0.2, 0) is 11.0 Å². The van der Waals surface area contributed by atoms with Crippen molar-refractivity contribution >= 4 is 23.3 Å². The third-order valence-electron chi connectivity index (χ3n) is 3.58. The summed E-state index contributed by atoms with van der Waals surface area (Å²) in [5.74, 6) is 0.282. The molecule has 1 aliphatic heterocycles. The Kier molecular flexibility index (Phi) is 5.36. The molecule has 1 saturated heterocycles. The minimum atomic E-state index is -4.47. The zero-order valence-electron chi connectivity index (χ0n) is 12.6. The first-order chi connectivity index (χ1) is 10.7. The number of amides is 1. The molecule has 1 fully saturated rings. The molecule has 1 aromatic heterocycles. The third kappa shape index (κ3) is 4.48. The van der Waals surface area contributed by atoms with Gasteiger partial charge in [0.25, 0.3) is 0 Å². The normalized spacial score (nSPS) is 17.3. The molecule has 9 heteroatoms. The molecule has 0 aliphatic carbocycles. The van der Waals surface area contributed by atoms with Crippen molar-refractivity contribution in [3.05, 3.63) is 22.8 Å². The predicted octanol–water partition coefficient (Wildman–Crippen LogP) is 2.14. The van der Waals surface area contributed by atoms with Gasteiger partial charge in [0.1, 0.15) is 5.82 Å². The number of alkyl halides is 3. The van der Waals surface area contributed by atoms with E-state index in [1.54, 1.807) is 16.7 Å². The van der Waals surface area contributed by atoms with Gasteiger partial charge in [-0.25, -0.2) is 4.98 Å². The minimum absolute atomic E-state index is 0.0221. The number of rotatable bonds is 3. The van der Waals surface area contributed by atoms with Crippen LogP contribution in [0.15, 0.2) is 12.3 Å². The first-order valence-corrected chi connectivity index (χ1v) is 7.57. The van der Waals surface area contributed by atoms with E-state index >= 15 is 0 Å². The Bertz CT molecular complexity index is 572. The highest BCUT2D eigenvalue weighted by atomic mass is 35.5. The highest BCUT2D eigenvalue weighted by Gasteiger charge is 2.32. The van der Waals surface area contributed by atoms with Gasteiger partial charge >= 0.3 is 6.18 Å². The lowest BCUT2D eigenvalue weighted by Gasteiger charge is -2.36. The van der Waals surface area contributed by atoms with Crippen molar-refractivity contribution in [3.63, 3.8) is 0 Å². The number of hydrogen-bond donors (Lipinski definition) is 1. The van der Waals surface area contributed by atoms with E-state index in [0.717, 1.165) is 12.3 Å². The molecule has 23 heavy (non-hydrogen) atoms. The van der Waals surface area contributed by atoms with Gasteiger partial charge in [0.15, 0.2) is 0 Å². The first-order valence-electron chi connectivity index (χ1n) is 7.19. The van der Waals surface area contributed by atoms with Crippen molar-refractivity contribution in [2.45, 2.75) is 25.6 Å². The fourth-order valence-corrected chi connectivity index (χ4v) is 2.68. The average Bonchev–Trinajstić information content (AvgIpc) is 2.45. The Hall–Kier alpha value is -1.54. The molecule has 1 amide bonds. The molecule has 0 aromatic carbocycles. The van der Waals surface area contributed by atoms with Crippen molar-refractivity contribution in [1.29, 1.82) is 0 Å². The smallest absolute Gasteiger partial charge is 0.352 e. The highest BCUT2D eigenvalue weighted by molar-refractivity contribution is 6.33. The molecule has 2 rings (SSSR count). The zero-order chi connectivity index (χ0) is 17.2. The average molecular weight is 351 g/mol. The van der Waals surface area contributed by atoms with E-state index in [-0.39, 0.29) is 23.4 Å². The van der Waals surface area contributed by atoms with Crippen molar-refractivity contribution in [2.24, 2.45) is 5.73 Å². The van der Waals surface area contributed by atoms with E-state index in [4.69, 9.17) is 17.3 Å². The van der Waals surface area contributed by atoms with E-state index in [1.807, 2.05) is 0 Å². The highest BCUT2D eigenvalue weighted by Crippen LogP contribution is 2.33. The Morgan fingerprint density at radius 3 is 2.48 bits per heavy atom. The van der Waals surface area contributed by atoms with E-state index in [9.17, 15) is 18.0 Å². The number of halogens is 4. The summed E-state index contributed by atoms with van der Waals surface area (Å²) in [4.78, 5) is 19.2. The van der Waals surface area contributed by atoms with Crippen LogP contribution < -0.4 is 10.6 Å². The van der Waals surface area contributed by atoms with Crippen LogP contribution in [0.3, 0.4) is 0 Å². The summed E-state index contributed by atoms with van der Waals surface area (Å²) in [5.41, 5.74) is 4.73. The molecule has 0 radical (unpaired) electrons. The molecule has 128 valence electrons. The standard InChI is InChI=1S/C14H18ClF3N4O/c1-9(19)6-12(23)21-2-4-22(5-3-21)13-11(15)7-10(8-20-13)14(16,17)18/h7-9H,2-6,19H2,1H3. The van der Waals surface area contributed by atoms with Gasteiger partial charge < -0.3 is 15.5 Å². The molecule has 5 nitrogen and oxygen atoms in total. The van der Waals surface area contributed by atoms with Gasteiger partial charge in [-0.15, -0.1) is 0 Å². The second-order valence-corrected chi connectivity index (χ2v) is 5.98. The zero-order valence-corrected chi connectivity index (χ0v) is 13.4. The Labute approximate surface area is 137 Å². The first kappa shape index (κ1) is 17.8. The van der Waals surface area contributed by atoms with Crippen LogP contribution in [-0.4, -0.2) is 48.0 Å². The molecule has 2 N–H and O–H groups in total. The third-order valence-corrected chi connectivity index (χ3v) is 3.86. The van der Waals surface area contributed by atoms with Gasteiger partial charge in [-0.05, 0) is 13.0 Å². The van der Waals surface area contributed by atoms with Crippen molar-refractivity contribution < 1.29 is 18.0 Å². The quantitative estimate of drug-likeness (QED) is 0.907. The molecular weight excluding hydrogens is 333 g/mol. The van der Waals surface area contributed by atoms with Crippen LogP contribution >= 0.6 is 11.6 Å². The van der Waals surface area contributed by atoms with E-state index in [0.29, 0.717) is 32.0 Å². The number of carbonyl (C=O) groups excluding carboxylic acids is 1. The molecule has 1 atom stereocenters. The summed E-state index contributed by atoms with van der Waals surface area (Å²) >= 11 is 5.94. The van der Waals surface area contributed by atoms with Crippen LogP contribution in [0.2, 0.25) is 5.02 Å². The van der Waals surface area contributed by atoms with Crippen LogP contribution in [0.1, 0.15) is 18.9 Å². The van der Waals surface area contributed by atoms with Gasteiger partial charge in [0.05, 0.1) is 10.6 Å². The molecule has 1 aliphatic rings. The fourth-order valence-electron chi connectivity index (χ4n) is 2.39. The molecule has 1 unspecified atom stereocenters. The summed E-state index contributed by atoms with van der Waals surface area (Å²) in [5, 5.41) is -0.0461. The topological polar surface area (TPSA) is 62.5 Å². The number of hydrogen-bond acceptors (Lipinski definition) is 4. The fraction of sp³-hybridized carbons (Fsp3) is 0.571. The monoisotopic (exact) mass is 350 g/mol. The number of pyridine rings is 1. The summed E-state index contributed by atoms with van der Waals surface area (Å²) < 4.78 is 37.9. The number of piperazine rings is 1. The summed E-state index contributed by atoms with van der Waals surface area (Å²) in [7, 11) is 0. The molecule has 0 spiro atoms. The van der Waals surface area contributed by atoms with Gasteiger partial charge in [0.2, 0.25) is 5.91 Å². The lowest BCUT2D eigenvalue weighted by Crippen LogP contribution is -2.49. The molecular formula is C14H18ClF3N4O. The largest absolute Gasteiger partial charge is 0.417 e. The molecule has 2 heterocycles. The van der Waals surface area contributed by atoms with Crippen molar-refractivity contribution in [3.8, 4) is 0 Å². The number of aromatic nitrogens is 1. The Morgan fingerprint density at radius 2 is 2.00 bits per heavy atom. The maximum atomic E-state index is 12.6. The maximum Gasteiger partial charge on any atom is 0.417 e. The van der Waals surface area contributed by atoms with E-state index < -0.39 is 11.7 Å². The summed E-state index contributed by atoms with van der Waals surface area (Å²) in [6.07, 6.45) is -3.42. The number of anilines is 1.